The van der Waals surface area contributed by atoms with E-state index in [0.717, 1.165) is 29.9 Å². The molecule has 1 atom stereocenters. The molecule has 5 heteroatoms. The van der Waals surface area contributed by atoms with E-state index in [1.54, 1.807) is 18.4 Å². The maximum Gasteiger partial charge on any atom is 0.160 e. The van der Waals surface area contributed by atoms with Crippen molar-refractivity contribution in [3.05, 3.63) is 57.4 Å². The van der Waals surface area contributed by atoms with Crippen LogP contribution in [0.15, 0.2) is 36.4 Å². The third-order valence-electron chi connectivity index (χ3n) is 5.84. The molecule has 1 fully saturated rings. The Hall–Kier alpha value is -1.75. The van der Waals surface area contributed by atoms with Crippen LogP contribution in [0.4, 0.5) is 0 Å². The topological polar surface area (TPSA) is 32.7 Å². The van der Waals surface area contributed by atoms with Crippen molar-refractivity contribution >= 4 is 33.0 Å². The van der Waals surface area contributed by atoms with E-state index >= 15 is 0 Å². The standard InChI is InChI=1S/C22H22ClNO2S/c1-26-18-11-16-14(10-17(18)25)8-9-24(22(16)13-6-7-13)12-20-21(23)15-4-2-3-5-19(15)27-20/h2-5,10-11,13,22,25H,6-9,12H2,1H3. The van der Waals surface area contributed by atoms with Gasteiger partial charge in [-0.05, 0) is 54.5 Å². The molecule has 0 bridgehead atoms. The average Bonchev–Trinajstić information content (AvgIpc) is 3.47. The largest absolute Gasteiger partial charge is 0.504 e. The van der Waals surface area contributed by atoms with Gasteiger partial charge in [0.25, 0.3) is 0 Å². The van der Waals surface area contributed by atoms with Crippen LogP contribution in [-0.2, 0) is 13.0 Å². The van der Waals surface area contributed by atoms with Crippen molar-refractivity contribution in [2.45, 2.75) is 31.8 Å². The lowest BCUT2D eigenvalue weighted by Gasteiger charge is -2.38. The Kier molecular flexibility index (Phi) is 4.30. The summed E-state index contributed by atoms with van der Waals surface area (Å²) in [6, 6.07) is 12.7. The van der Waals surface area contributed by atoms with E-state index in [0.29, 0.717) is 17.7 Å². The first-order valence-electron chi connectivity index (χ1n) is 9.45. The minimum absolute atomic E-state index is 0.242. The van der Waals surface area contributed by atoms with E-state index in [4.69, 9.17) is 16.3 Å². The van der Waals surface area contributed by atoms with Crippen molar-refractivity contribution in [2.75, 3.05) is 13.7 Å². The fraction of sp³-hybridized carbons (Fsp3) is 0.364. The number of rotatable bonds is 4. The molecule has 1 aromatic heterocycles. The molecule has 27 heavy (non-hydrogen) atoms. The lowest BCUT2D eigenvalue weighted by atomic mass is 9.89. The molecular weight excluding hydrogens is 378 g/mol. The Morgan fingerprint density at radius 2 is 2.07 bits per heavy atom. The van der Waals surface area contributed by atoms with Crippen LogP contribution < -0.4 is 4.74 Å². The van der Waals surface area contributed by atoms with Gasteiger partial charge in [-0.25, -0.2) is 0 Å². The summed E-state index contributed by atoms with van der Waals surface area (Å²) < 4.78 is 6.64. The van der Waals surface area contributed by atoms with Gasteiger partial charge in [0.15, 0.2) is 11.5 Å². The first kappa shape index (κ1) is 17.4. The van der Waals surface area contributed by atoms with Crippen molar-refractivity contribution in [3.63, 3.8) is 0 Å². The average molecular weight is 400 g/mol. The first-order valence-corrected chi connectivity index (χ1v) is 10.6. The van der Waals surface area contributed by atoms with E-state index in [1.165, 1.54) is 33.5 Å². The number of phenolic OH excluding ortho intramolecular Hbond substituents is 1. The zero-order chi connectivity index (χ0) is 18.5. The summed E-state index contributed by atoms with van der Waals surface area (Å²) in [7, 11) is 1.62. The van der Waals surface area contributed by atoms with Crippen molar-refractivity contribution < 1.29 is 9.84 Å². The summed E-state index contributed by atoms with van der Waals surface area (Å²) in [5, 5.41) is 12.2. The smallest absolute Gasteiger partial charge is 0.160 e. The Morgan fingerprint density at radius 3 is 2.81 bits per heavy atom. The highest BCUT2D eigenvalue weighted by atomic mass is 35.5. The number of halogens is 1. The molecule has 1 aliphatic carbocycles. The van der Waals surface area contributed by atoms with Gasteiger partial charge in [-0.2, -0.15) is 0 Å². The number of benzene rings is 2. The molecule has 2 aromatic carbocycles. The van der Waals surface area contributed by atoms with Gasteiger partial charge in [0.2, 0.25) is 0 Å². The van der Waals surface area contributed by atoms with Gasteiger partial charge in [0.05, 0.1) is 12.1 Å². The van der Waals surface area contributed by atoms with Crippen molar-refractivity contribution in [1.29, 1.82) is 0 Å². The highest BCUT2D eigenvalue weighted by Crippen LogP contribution is 2.50. The zero-order valence-electron chi connectivity index (χ0n) is 15.2. The highest BCUT2D eigenvalue weighted by molar-refractivity contribution is 7.19. The third kappa shape index (κ3) is 3.00. The molecule has 2 aliphatic rings. The molecule has 1 unspecified atom stereocenters. The summed E-state index contributed by atoms with van der Waals surface area (Å²) in [5.41, 5.74) is 2.57. The summed E-state index contributed by atoms with van der Waals surface area (Å²) in [6.07, 6.45) is 3.48. The number of phenols is 1. The maximum absolute atomic E-state index is 10.2. The van der Waals surface area contributed by atoms with Crippen molar-refractivity contribution in [3.8, 4) is 11.5 Å². The quantitative estimate of drug-likeness (QED) is 0.603. The van der Waals surface area contributed by atoms with Gasteiger partial charge in [0, 0.05) is 34.1 Å². The van der Waals surface area contributed by atoms with Crippen LogP contribution in [0.1, 0.15) is 34.9 Å². The lowest BCUT2D eigenvalue weighted by molar-refractivity contribution is 0.157. The molecule has 2 heterocycles. The van der Waals surface area contributed by atoms with Crippen LogP contribution in [0.3, 0.4) is 0 Å². The molecule has 0 saturated heterocycles. The Morgan fingerprint density at radius 1 is 1.26 bits per heavy atom. The number of hydrogen-bond acceptors (Lipinski definition) is 4. The van der Waals surface area contributed by atoms with Gasteiger partial charge >= 0.3 is 0 Å². The molecule has 0 radical (unpaired) electrons. The van der Waals surface area contributed by atoms with Gasteiger partial charge in [-0.1, -0.05) is 29.8 Å². The number of nitrogens with zero attached hydrogens (tertiary/aromatic N) is 1. The van der Waals surface area contributed by atoms with E-state index in [1.807, 2.05) is 18.2 Å². The highest BCUT2D eigenvalue weighted by Gasteiger charge is 2.40. The predicted octanol–water partition coefficient (Wildman–Crippen LogP) is 5.78. The molecular formula is C22H22ClNO2S. The van der Waals surface area contributed by atoms with Crippen LogP contribution >= 0.6 is 22.9 Å². The monoisotopic (exact) mass is 399 g/mol. The van der Waals surface area contributed by atoms with Crippen LogP contribution in [0, 0.1) is 5.92 Å². The summed E-state index contributed by atoms with van der Waals surface area (Å²) >= 11 is 8.52. The van der Waals surface area contributed by atoms with Gasteiger partial charge in [-0.15, -0.1) is 11.3 Å². The van der Waals surface area contributed by atoms with Gasteiger partial charge in [-0.3, -0.25) is 4.90 Å². The molecule has 1 aliphatic heterocycles. The van der Waals surface area contributed by atoms with Gasteiger partial charge in [0.1, 0.15) is 0 Å². The number of hydrogen-bond donors (Lipinski definition) is 1. The fourth-order valence-electron chi connectivity index (χ4n) is 4.37. The number of ether oxygens (including phenoxy) is 1. The van der Waals surface area contributed by atoms with Crippen LogP contribution in [0.5, 0.6) is 11.5 Å². The first-order chi connectivity index (χ1) is 13.2. The molecule has 1 N–H and O–H groups in total. The molecule has 140 valence electrons. The minimum atomic E-state index is 0.242. The Bertz CT molecular complexity index is 1010. The number of methoxy groups -OCH3 is 1. The fourth-order valence-corrected chi connectivity index (χ4v) is 5.89. The van der Waals surface area contributed by atoms with Crippen LogP contribution in [0.2, 0.25) is 5.02 Å². The van der Waals surface area contributed by atoms with Gasteiger partial charge < -0.3 is 9.84 Å². The molecule has 3 nitrogen and oxygen atoms in total. The molecule has 0 amide bonds. The second-order valence-electron chi connectivity index (χ2n) is 7.56. The van der Waals surface area contributed by atoms with E-state index in [2.05, 4.69) is 23.1 Å². The number of aromatic hydroxyl groups is 1. The maximum atomic E-state index is 10.2. The molecule has 0 spiro atoms. The Labute approximate surface area is 168 Å². The summed E-state index contributed by atoms with van der Waals surface area (Å²) in [6.45, 7) is 1.87. The molecule has 3 aromatic rings. The lowest BCUT2D eigenvalue weighted by Crippen LogP contribution is -2.36. The second kappa shape index (κ2) is 6.69. The normalized spacial score (nSPS) is 20.0. The SMILES string of the molecule is COc1cc2c(cc1O)CCN(Cc1sc3ccccc3c1Cl)C2C1CC1. The van der Waals surface area contributed by atoms with Crippen molar-refractivity contribution in [1.82, 2.24) is 4.90 Å². The Balaban J connectivity index is 1.52. The van der Waals surface area contributed by atoms with Crippen molar-refractivity contribution in [2.24, 2.45) is 5.92 Å². The van der Waals surface area contributed by atoms with Crippen LogP contribution in [-0.4, -0.2) is 23.7 Å². The summed E-state index contributed by atoms with van der Waals surface area (Å²) in [5.74, 6) is 1.50. The molecule has 5 rings (SSSR count). The minimum Gasteiger partial charge on any atom is -0.504 e. The molecule has 1 saturated carbocycles. The number of fused-ring (bicyclic) bond motifs is 2. The predicted molar refractivity (Wildman–Crippen MR) is 111 cm³/mol. The summed E-state index contributed by atoms with van der Waals surface area (Å²) in [4.78, 5) is 3.82. The zero-order valence-corrected chi connectivity index (χ0v) is 16.8. The number of thiophene rings is 1. The second-order valence-corrected chi connectivity index (χ2v) is 9.08. The van der Waals surface area contributed by atoms with Crippen LogP contribution in [0.25, 0.3) is 10.1 Å². The van der Waals surface area contributed by atoms with E-state index in [9.17, 15) is 5.11 Å². The van der Waals surface area contributed by atoms with E-state index in [-0.39, 0.29) is 5.75 Å². The van der Waals surface area contributed by atoms with E-state index < -0.39 is 0 Å². The third-order valence-corrected chi connectivity index (χ3v) is 7.54.